The van der Waals surface area contributed by atoms with Gasteiger partial charge >= 0.3 is 0 Å². The average Bonchev–Trinajstić information content (AvgIpc) is 2.87. The number of hydrogen-bond donors (Lipinski definition) is 0. The first-order chi connectivity index (χ1) is 18.7. The normalized spacial score (nSPS) is 24.6. The maximum atomic E-state index is 13.4. The van der Waals surface area contributed by atoms with Gasteiger partial charge in [-0.3, -0.25) is 4.79 Å². The predicted molar refractivity (Wildman–Crippen MR) is 177 cm³/mol. The SMILES string of the molecule is CCC[C@H]1O[C@@H]([C@@H](C)CC(=O)C[C@H](C)[C@@H](/C=C/I)OCc2ccc(OC)cc2)C(O[Si](C)(C)C(C)(C)C)C[C@H]1C. The minimum atomic E-state index is -1.98. The molecule has 1 unspecified atom stereocenters. The number of benzene rings is 1. The van der Waals surface area contributed by atoms with Gasteiger partial charge in [0.15, 0.2) is 8.32 Å². The van der Waals surface area contributed by atoms with Crippen molar-refractivity contribution in [2.24, 2.45) is 17.8 Å². The lowest BCUT2D eigenvalue weighted by atomic mass is 9.83. The van der Waals surface area contributed by atoms with Crippen molar-refractivity contribution in [2.45, 2.75) is 130 Å². The van der Waals surface area contributed by atoms with Gasteiger partial charge in [-0.25, -0.2) is 0 Å². The Labute approximate surface area is 259 Å². The van der Waals surface area contributed by atoms with Crippen LogP contribution in [0.2, 0.25) is 18.1 Å². The maximum Gasteiger partial charge on any atom is 0.192 e. The number of halogens is 1. The lowest BCUT2D eigenvalue weighted by Gasteiger charge is -2.48. The average molecular weight is 687 g/mol. The maximum absolute atomic E-state index is 13.4. The highest BCUT2D eigenvalue weighted by atomic mass is 127. The third-order valence-electron chi connectivity index (χ3n) is 8.85. The summed E-state index contributed by atoms with van der Waals surface area (Å²) in [5.41, 5.74) is 1.08. The number of ketones is 1. The van der Waals surface area contributed by atoms with Crippen LogP contribution in [0.4, 0.5) is 0 Å². The Hall–Kier alpha value is -0.743. The van der Waals surface area contributed by atoms with Crippen molar-refractivity contribution in [3.63, 3.8) is 0 Å². The van der Waals surface area contributed by atoms with Gasteiger partial charge in [0.2, 0.25) is 0 Å². The number of carbonyl (C=O) groups is 1. The zero-order chi connectivity index (χ0) is 30.1. The summed E-state index contributed by atoms with van der Waals surface area (Å²) >= 11 is 2.22. The molecule has 228 valence electrons. The standard InChI is InChI=1S/C33H55IO5Si/c1-11-12-30-24(3)21-31(39-40(9,10)33(5,6)7)32(38-30)25(4)20-27(35)19-23(2)29(17-18-34)37-22-26-13-15-28(36-8)16-14-26/h13-18,23-25,29-32H,11-12,19-22H2,1-10H3/b18-17+/t23-,24+,25-,29+,30+,31?,32-/m0/s1. The van der Waals surface area contributed by atoms with Gasteiger partial charge in [0, 0.05) is 12.8 Å². The van der Waals surface area contributed by atoms with Crippen LogP contribution in [0.3, 0.4) is 0 Å². The Morgan fingerprint density at radius 2 is 1.82 bits per heavy atom. The molecule has 1 saturated heterocycles. The van der Waals surface area contributed by atoms with Gasteiger partial charge in [0.05, 0.1) is 38.1 Å². The van der Waals surface area contributed by atoms with Gasteiger partial charge in [-0.05, 0) is 76.6 Å². The number of Topliss-reactive ketones (excluding diaryl/α,β-unsaturated/α-hetero) is 1. The van der Waals surface area contributed by atoms with Crippen molar-refractivity contribution in [1.82, 2.24) is 0 Å². The van der Waals surface area contributed by atoms with Crippen LogP contribution in [0.25, 0.3) is 0 Å². The van der Waals surface area contributed by atoms with Crippen molar-refractivity contribution in [3.8, 4) is 5.75 Å². The van der Waals surface area contributed by atoms with Crippen molar-refractivity contribution >= 4 is 36.7 Å². The molecule has 1 aromatic rings. The minimum absolute atomic E-state index is 0.0340. The summed E-state index contributed by atoms with van der Waals surface area (Å²) in [6, 6.07) is 7.91. The van der Waals surface area contributed by atoms with Crippen LogP contribution < -0.4 is 4.74 Å². The first-order valence-corrected chi connectivity index (χ1v) is 19.2. The van der Waals surface area contributed by atoms with Crippen molar-refractivity contribution in [1.29, 1.82) is 0 Å². The summed E-state index contributed by atoms with van der Waals surface area (Å²) in [4.78, 5) is 13.4. The zero-order valence-corrected chi connectivity index (χ0v) is 29.8. The fourth-order valence-electron chi connectivity index (χ4n) is 5.31. The first kappa shape index (κ1) is 35.5. The molecule has 2 rings (SSSR count). The van der Waals surface area contributed by atoms with E-state index in [1.807, 2.05) is 28.3 Å². The molecule has 7 heteroatoms. The molecule has 5 nitrogen and oxygen atoms in total. The molecule has 40 heavy (non-hydrogen) atoms. The smallest absolute Gasteiger partial charge is 0.192 e. The number of rotatable bonds is 15. The zero-order valence-electron chi connectivity index (χ0n) is 26.7. The van der Waals surface area contributed by atoms with Crippen LogP contribution in [-0.2, 0) is 25.3 Å². The second-order valence-corrected chi connectivity index (χ2v) is 18.9. The fraction of sp³-hybridized carbons (Fsp3) is 0.727. The third-order valence-corrected chi connectivity index (χ3v) is 13.8. The van der Waals surface area contributed by atoms with E-state index in [1.165, 1.54) is 0 Å². The Morgan fingerprint density at radius 3 is 2.38 bits per heavy atom. The summed E-state index contributed by atoms with van der Waals surface area (Å²) in [7, 11) is -0.315. The van der Waals surface area contributed by atoms with E-state index in [0.29, 0.717) is 25.4 Å². The van der Waals surface area contributed by atoms with E-state index < -0.39 is 8.32 Å². The van der Waals surface area contributed by atoms with E-state index in [0.717, 1.165) is 30.6 Å². The molecule has 7 atom stereocenters. The van der Waals surface area contributed by atoms with Crippen molar-refractivity contribution in [3.05, 3.63) is 40.0 Å². The van der Waals surface area contributed by atoms with E-state index in [-0.39, 0.29) is 47.1 Å². The molecule has 0 aromatic heterocycles. The van der Waals surface area contributed by atoms with E-state index in [1.54, 1.807) is 7.11 Å². The summed E-state index contributed by atoms with van der Waals surface area (Å²) in [5.74, 6) is 1.72. The third kappa shape index (κ3) is 10.5. The van der Waals surface area contributed by atoms with Crippen LogP contribution in [0.1, 0.15) is 86.1 Å². The molecule has 1 aliphatic heterocycles. The monoisotopic (exact) mass is 686 g/mol. The van der Waals surface area contributed by atoms with Gasteiger partial charge < -0.3 is 18.6 Å². The van der Waals surface area contributed by atoms with Crippen molar-refractivity contribution < 1.29 is 23.4 Å². The molecule has 1 aromatic carbocycles. The quantitative estimate of drug-likeness (QED) is 0.136. The summed E-state index contributed by atoms with van der Waals surface area (Å²) < 4.78 is 27.2. The molecule has 0 saturated carbocycles. The molecule has 1 aliphatic rings. The molecule has 0 aliphatic carbocycles. The number of methoxy groups -OCH3 is 1. The molecule has 0 spiro atoms. The van der Waals surface area contributed by atoms with Crippen LogP contribution in [0.5, 0.6) is 5.75 Å². The van der Waals surface area contributed by atoms with E-state index in [9.17, 15) is 4.79 Å². The first-order valence-electron chi connectivity index (χ1n) is 15.1. The summed E-state index contributed by atoms with van der Waals surface area (Å²) in [6.45, 7) is 20.8. The van der Waals surface area contributed by atoms with Gasteiger partial charge in [-0.1, -0.05) is 89.6 Å². The highest BCUT2D eigenvalue weighted by Crippen LogP contribution is 2.42. The lowest BCUT2D eigenvalue weighted by Crippen LogP contribution is -2.54. The minimum Gasteiger partial charge on any atom is -0.497 e. The van der Waals surface area contributed by atoms with Crippen LogP contribution in [0.15, 0.2) is 34.4 Å². The molecular formula is C33H55IO5Si. The molecule has 0 radical (unpaired) electrons. The summed E-state index contributed by atoms with van der Waals surface area (Å²) in [6.07, 6.45) is 6.26. The van der Waals surface area contributed by atoms with Gasteiger partial charge in [0.1, 0.15) is 11.5 Å². The Balaban J connectivity index is 2.06. The van der Waals surface area contributed by atoms with Crippen LogP contribution >= 0.6 is 22.6 Å². The molecular weight excluding hydrogens is 631 g/mol. The molecule has 0 bridgehead atoms. The second-order valence-electron chi connectivity index (χ2n) is 13.4. The molecule has 1 heterocycles. The highest BCUT2D eigenvalue weighted by molar-refractivity contribution is 14.1. The van der Waals surface area contributed by atoms with E-state index in [4.69, 9.17) is 18.6 Å². The van der Waals surface area contributed by atoms with E-state index >= 15 is 0 Å². The molecule has 1 fully saturated rings. The van der Waals surface area contributed by atoms with Gasteiger partial charge in [-0.15, -0.1) is 0 Å². The van der Waals surface area contributed by atoms with Crippen molar-refractivity contribution in [2.75, 3.05) is 7.11 Å². The molecule has 0 N–H and O–H groups in total. The highest BCUT2D eigenvalue weighted by Gasteiger charge is 2.45. The lowest BCUT2D eigenvalue weighted by molar-refractivity contribution is -0.160. The fourth-order valence-corrected chi connectivity index (χ4v) is 7.06. The largest absolute Gasteiger partial charge is 0.497 e. The summed E-state index contributed by atoms with van der Waals surface area (Å²) in [5, 5.41) is 0.128. The number of ether oxygens (including phenoxy) is 3. The topological polar surface area (TPSA) is 54.0 Å². The number of carbonyl (C=O) groups excluding carboxylic acids is 1. The van der Waals surface area contributed by atoms with Crippen LogP contribution in [-0.4, -0.2) is 45.6 Å². The predicted octanol–water partition coefficient (Wildman–Crippen LogP) is 9.13. The second kappa shape index (κ2) is 16.2. The Bertz CT molecular complexity index is 926. The molecule has 0 amide bonds. The van der Waals surface area contributed by atoms with E-state index in [2.05, 4.69) is 90.2 Å². The van der Waals surface area contributed by atoms with Crippen LogP contribution in [0, 0.1) is 17.8 Å². The Kier molecular flexibility index (Phi) is 14.4. The number of hydrogen-bond acceptors (Lipinski definition) is 5. The Morgan fingerprint density at radius 1 is 1.18 bits per heavy atom. The van der Waals surface area contributed by atoms with Gasteiger partial charge in [0.25, 0.3) is 0 Å². The van der Waals surface area contributed by atoms with Gasteiger partial charge in [-0.2, -0.15) is 0 Å².